The lowest BCUT2D eigenvalue weighted by atomic mass is 10.0. The van der Waals surface area contributed by atoms with Gasteiger partial charge in [-0.05, 0) is 28.8 Å². The molecule has 0 saturated carbocycles. The average molecular weight is 393 g/mol. The number of aromatic nitrogens is 4. The molecule has 0 saturated heterocycles. The second-order valence-electron chi connectivity index (χ2n) is 6.89. The number of nitrogens with one attached hydrogen (secondary N) is 1. The van der Waals surface area contributed by atoms with Crippen molar-refractivity contribution >= 4 is 11.9 Å². The summed E-state index contributed by atoms with van der Waals surface area (Å²) in [5.74, 6) is -0.155. The summed E-state index contributed by atoms with van der Waals surface area (Å²) in [6.07, 6.45) is 0. The summed E-state index contributed by atoms with van der Waals surface area (Å²) in [5.41, 5.74) is 2.17. The van der Waals surface area contributed by atoms with Gasteiger partial charge < -0.3 is 10.1 Å². The van der Waals surface area contributed by atoms with Gasteiger partial charge in [0.15, 0.2) is 6.04 Å². The van der Waals surface area contributed by atoms with E-state index in [1.54, 1.807) is 24.3 Å². The number of rotatable bonds is 7. The maximum atomic E-state index is 12.8. The van der Waals surface area contributed by atoms with Crippen molar-refractivity contribution in [1.29, 1.82) is 0 Å². The van der Waals surface area contributed by atoms with Crippen LogP contribution in [-0.2, 0) is 16.1 Å². The fraction of sp³-hybridized carbons (Fsp3) is 0.286. The minimum absolute atomic E-state index is 0.0328. The standard InChI is InChI=1S/C21H23N5O3/c1-14(2)18(26-24-19(23-25-26)16-7-5-4-6-8-16)20(27)22-13-15-9-11-17(12-10-15)21(28)29-3/h4-12,14,18H,13H2,1-3H3,(H,22,27). The molecule has 1 amide bonds. The van der Waals surface area contributed by atoms with Crippen molar-refractivity contribution in [1.82, 2.24) is 25.5 Å². The number of ether oxygens (including phenoxy) is 1. The van der Waals surface area contributed by atoms with E-state index in [9.17, 15) is 9.59 Å². The van der Waals surface area contributed by atoms with Gasteiger partial charge in [-0.2, -0.15) is 4.80 Å². The minimum Gasteiger partial charge on any atom is -0.465 e. The van der Waals surface area contributed by atoms with Crippen LogP contribution < -0.4 is 5.32 Å². The highest BCUT2D eigenvalue weighted by atomic mass is 16.5. The first-order valence-electron chi connectivity index (χ1n) is 9.29. The van der Waals surface area contributed by atoms with Gasteiger partial charge >= 0.3 is 5.97 Å². The number of hydrogen-bond acceptors (Lipinski definition) is 6. The van der Waals surface area contributed by atoms with Crippen LogP contribution in [-0.4, -0.2) is 39.2 Å². The van der Waals surface area contributed by atoms with E-state index in [1.165, 1.54) is 11.9 Å². The van der Waals surface area contributed by atoms with Crippen molar-refractivity contribution in [2.45, 2.75) is 26.4 Å². The normalized spacial score (nSPS) is 11.9. The third-order valence-corrected chi connectivity index (χ3v) is 4.45. The van der Waals surface area contributed by atoms with Crippen LogP contribution in [0.5, 0.6) is 0 Å². The SMILES string of the molecule is COC(=O)c1ccc(CNC(=O)C(C(C)C)n2nnc(-c3ccccc3)n2)cc1. The Morgan fingerprint density at radius 1 is 1.07 bits per heavy atom. The van der Waals surface area contributed by atoms with Gasteiger partial charge in [0.1, 0.15) is 0 Å². The molecule has 1 N–H and O–H groups in total. The van der Waals surface area contributed by atoms with Crippen LogP contribution in [0.4, 0.5) is 0 Å². The van der Waals surface area contributed by atoms with Gasteiger partial charge in [0.05, 0.1) is 12.7 Å². The molecule has 1 aromatic heterocycles. The Balaban J connectivity index is 1.69. The van der Waals surface area contributed by atoms with Crippen molar-refractivity contribution in [2.75, 3.05) is 7.11 Å². The van der Waals surface area contributed by atoms with Gasteiger partial charge in [-0.25, -0.2) is 4.79 Å². The van der Waals surface area contributed by atoms with Gasteiger partial charge in [-0.1, -0.05) is 56.3 Å². The van der Waals surface area contributed by atoms with Gasteiger partial charge in [-0.3, -0.25) is 4.79 Å². The number of hydrogen-bond donors (Lipinski definition) is 1. The lowest BCUT2D eigenvalue weighted by Crippen LogP contribution is -2.36. The first-order valence-corrected chi connectivity index (χ1v) is 9.29. The van der Waals surface area contributed by atoms with E-state index < -0.39 is 12.0 Å². The topological polar surface area (TPSA) is 99.0 Å². The average Bonchev–Trinajstić information content (AvgIpc) is 3.22. The second kappa shape index (κ2) is 9.09. The van der Waals surface area contributed by atoms with Crippen LogP contribution in [0.2, 0.25) is 0 Å². The Kier molecular flexibility index (Phi) is 6.33. The van der Waals surface area contributed by atoms with Crippen molar-refractivity contribution in [3.05, 3.63) is 65.7 Å². The molecule has 1 unspecified atom stereocenters. The highest BCUT2D eigenvalue weighted by Crippen LogP contribution is 2.19. The maximum Gasteiger partial charge on any atom is 0.337 e. The molecule has 3 rings (SSSR count). The zero-order chi connectivity index (χ0) is 20.8. The third-order valence-electron chi connectivity index (χ3n) is 4.45. The minimum atomic E-state index is -0.589. The van der Waals surface area contributed by atoms with Crippen LogP contribution in [0.3, 0.4) is 0 Å². The number of carbonyl (C=O) groups excluding carboxylic acids is 2. The molecule has 8 nitrogen and oxygen atoms in total. The fourth-order valence-corrected chi connectivity index (χ4v) is 2.89. The molecule has 150 valence electrons. The highest BCUT2D eigenvalue weighted by molar-refractivity contribution is 5.89. The maximum absolute atomic E-state index is 12.8. The van der Waals surface area contributed by atoms with E-state index in [2.05, 4.69) is 25.5 Å². The Morgan fingerprint density at radius 3 is 2.38 bits per heavy atom. The van der Waals surface area contributed by atoms with Gasteiger partial charge in [0.2, 0.25) is 11.7 Å². The van der Waals surface area contributed by atoms with Gasteiger partial charge in [0.25, 0.3) is 0 Å². The van der Waals surface area contributed by atoms with E-state index in [1.807, 2.05) is 44.2 Å². The highest BCUT2D eigenvalue weighted by Gasteiger charge is 2.27. The van der Waals surface area contributed by atoms with Crippen LogP contribution in [0.15, 0.2) is 54.6 Å². The predicted octanol–water partition coefficient (Wildman–Crippen LogP) is 2.64. The summed E-state index contributed by atoms with van der Waals surface area (Å²) in [6.45, 7) is 4.19. The second-order valence-corrected chi connectivity index (χ2v) is 6.89. The first-order chi connectivity index (χ1) is 14.0. The zero-order valence-electron chi connectivity index (χ0n) is 16.6. The van der Waals surface area contributed by atoms with E-state index in [-0.39, 0.29) is 11.8 Å². The van der Waals surface area contributed by atoms with Crippen molar-refractivity contribution in [3.8, 4) is 11.4 Å². The number of carbonyl (C=O) groups is 2. The molecule has 0 spiro atoms. The van der Waals surface area contributed by atoms with Crippen LogP contribution in [0, 0.1) is 5.92 Å². The summed E-state index contributed by atoms with van der Waals surface area (Å²) in [6, 6.07) is 15.8. The Labute approximate surface area is 168 Å². The third kappa shape index (κ3) is 4.84. The molecule has 0 fully saturated rings. The molecule has 1 heterocycles. The van der Waals surface area contributed by atoms with Crippen molar-refractivity contribution in [2.24, 2.45) is 5.92 Å². The van der Waals surface area contributed by atoms with Crippen molar-refractivity contribution in [3.63, 3.8) is 0 Å². The molecule has 3 aromatic rings. The Morgan fingerprint density at radius 2 is 1.76 bits per heavy atom. The van der Waals surface area contributed by atoms with E-state index in [4.69, 9.17) is 0 Å². The van der Waals surface area contributed by atoms with E-state index in [0.29, 0.717) is 17.9 Å². The number of nitrogens with zero attached hydrogens (tertiary/aromatic N) is 4. The van der Waals surface area contributed by atoms with E-state index in [0.717, 1.165) is 11.1 Å². The quantitative estimate of drug-likeness (QED) is 0.620. The van der Waals surface area contributed by atoms with Gasteiger partial charge in [-0.15, -0.1) is 10.2 Å². The molecular weight excluding hydrogens is 370 g/mol. The molecule has 0 radical (unpaired) electrons. The van der Waals surface area contributed by atoms with E-state index >= 15 is 0 Å². The number of esters is 1. The summed E-state index contributed by atoms with van der Waals surface area (Å²) in [7, 11) is 1.34. The smallest absolute Gasteiger partial charge is 0.337 e. The number of tetrazole rings is 1. The number of amides is 1. The lowest BCUT2D eigenvalue weighted by Gasteiger charge is -2.18. The van der Waals surface area contributed by atoms with Crippen LogP contribution >= 0.6 is 0 Å². The Bertz CT molecular complexity index is 967. The summed E-state index contributed by atoms with van der Waals surface area (Å²) in [4.78, 5) is 25.7. The molecule has 0 aliphatic rings. The molecule has 29 heavy (non-hydrogen) atoms. The molecule has 0 aliphatic heterocycles. The van der Waals surface area contributed by atoms with Crippen LogP contribution in [0.1, 0.15) is 35.8 Å². The molecule has 0 bridgehead atoms. The summed E-state index contributed by atoms with van der Waals surface area (Å²) in [5, 5.41) is 15.5. The summed E-state index contributed by atoms with van der Waals surface area (Å²) >= 11 is 0. The van der Waals surface area contributed by atoms with Crippen LogP contribution in [0.25, 0.3) is 11.4 Å². The van der Waals surface area contributed by atoms with Crippen molar-refractivity contribution < 1.29 is 14.3 Å². The molecule has 2 aromatic carbocycles. The first kappa shape index (κ1) is 20.2. The molecule has 8 heteroatoms. The molecule has 0 aliphatic carbocycles. The fourth-order valence-electron chi connectivity index (χ4n) is 2.89. The number of methoxy groups -OCH3 is 1. The van der Waals surface area contributed by atoms with Gasteiger partial charge in [0, 0.05) is 12.1 Å². The monoisotopic (exact) mass is 393 g/mol. The summed E-state index contributed by atoms with van der Waals surface area (Å²) < 4.78 is 4.68. The molecule has 1 atom stereocenters. The predicted molar refractivity (Wildman–Crippen MR) is 107 cm³/mol. The molecular formula is C21H23N5O3. The largest absolute Gasteiger partial charge is 0.465 e. The number of benzene rings is 2. The zero-order valence-corrected chi connectivity index (χ0v) is 16.6. The Hall–Kier alpha value is -3.55. The lowest BCUT2D eigenvalue weighted by molar-refractivity contribution is -0.126.